The second-order valence-electron chi connectivity index (χ2n) is 6.54. The summed E-state index contributed by atoms with van der Waals surface area (Å²) in [4.78, 5) is 14.8. The number of fused-ring (bicyclic) bond motifs is 1. The van der Waals surface area contributed by atoms with Gasteiger partial charge in [-0.2, -0.15) is 0 Å². The number of likely N-dealkylation sites (tertiary alicyclic amines) is 1. The Morgan fingerprint density at radius 1 is 1.24 bits per heavy atom. The van der Waals surface area contributed by atoms with Crippen LogP contribution in [0, 0.1) is 5.41 Å². The third-order valence-electron chi connectivity index (χ3n) is 5.15. The SMILES string of the molecule is CCC1(C)CCN(C(=O)c2cccc3c2NCCN3)CC1. The molecule has 4 heteroatoms. The zero-order valence-corrected chi connectivity index (χ0v) is 13.0. The Labute approximate surface area is 126 Å². The van der Waals surface area contributed by atoms with E-state index < -0.39 is 0 Å². The number of piperidine rings is 1. The van der Waals surface area contributed by atoms with Gasteiger partial charge in [-0.15, -0.1) is 0 Å². The van der Waals surface area contributed by atoms with Gasteiger partial charge in [0.2, 0.25) is 0 Å². The third-order valence-corrected chi connectivity index (χ3v) is 5.15. The predicted molar refractivity (Wildman–Crippen MR) is 87.0 cm³/mol. The van der Waals surface area contributed by atoms with E-state index in [0.29, 0.717) is 5.41 Å². The molecule has 1 saturated heterocycles. The topological polar surface area (TPSA) is 44.4 Å². The number of carbonyl (C=O) groups excluding carboxylic acids is 1. The van der Waals surface area contributed by atoms with Crippen LogP contribution < -0.4 is 10.6 Å². The molecule has 114 valence electrons. The molecule has 21 heavy (non-hydrogen) atoms. The summed E-state index contributed by atoms with van der Waals surface area (Å²) in [5, 5.41) is 6.72. The fourth-order valence-electron chi connectivity index (χ4n) is 3.23. The molecule has 0 radical (unpaired) electrons. The van der Waals surface area contributed by atoms with E-state index in [1.54, 1.807) is 0 Å². The van der Waals surface area contributed by atoms with Crippen LogP contribution in [0.4, 0.5) is 11.4 Å². The van der Waals surface area contributed by atoms with E-state index in [1.165, 1.54) is 6.42 Å². The Morgan fingerprint density at radius 3 is 2.67 bits per heavy atom. The van der Waals surface area contributed by atoms with Crippen LogP contribution in [-0.4, -0.2) is 37.0 Å². The lowest BCUT2D eigenvalue weighted by atomic mass is 9.78. The van der Waals surface area contributed by atoms with Crippen molar-refractivity contribution >= 4 is 17.3 Å². The number of benzene rings is 1. The van der Waals surface area contributed by atoms with Crippen molar-refractivity contribution in [1.29, 1.82) is 0 Å². The fraction of sp³-hybridized carbons (Fsp3) is 0.588. The number of carbonyl (C=O) groups is 1. The summed E-state index contributed by atoms with van der Waals surface area (Å²) in [6.07, 6.45) is 3.41. The highest BCUT2D eigenvalue weighted by Gasteiger charge is 2.31. The number of nitrogens with zero attached hydrogens (tertiary/aromatic N) is 1. The average Bonchev–Trinajstić information content (AvgIpc) is 2.54. The first-order chi connectivity index (χ1) is 10.1. The van der Waals surface area contributed by atoms with E-state index in [4.69, 9.17) is 0 Å². The van der Waals surface area contributed by atoms with Gasteiger partial charge in [0.15, 0.2) is 0 Å². The third kappa shape index (κ3) is 2.71. The van der Waals surface area contributed by atoms with E-state index in [9.17, 15) is 4.79 Å². The Morgan fingerprint density at radius 2 is 1.95 bits per heavy atom. The smallest absolute Gasteiger partial charge is 0.256 e. The molecule has 2 aliphatic heterocycles. The highest BCUT2D eigenvalue weighted by atomic mass is 16.2. The van der Waals surface area contributed by atoms with Crippen LogP contribution in [0.3, 0.4) is 0 Å². The standard InChI is InChI=1S/C17H25N3O/c1-3-17(2)7-11-20(12-8-17)16(21)13-5-4-6-14-15(13)19-10-9-18-14/h4-6,18-19H,3,7-12H2,1-2H3. The Bertz CT molecular complexity index is 533. The summed E-state index contributed by atoms with van der Waals surface area (Å²) in [5.74, 6) is 0.168. The van der Waals surface area contributed by atoms with Gasteiger partial charge in [0.05, 0.1) is 16.9 Å². The minimum atomic E-state index is 0.168. The lowest BCUT2D eigenvalue weighted by molar-refractivity contribution is 0.0601. The molecule has 2 N–H and O–H groups in total. The monoisotopic (exact) mass is 287 g/mol. The number of anilines is 2. The minimum absolute atomic E-state index is 0.168. The highest BCUT2D eigenvalue weighted by Crippen LogP contribution is 2.35. The molecule has 1 aromatic carbocycles. The van der Waals surface area contributed by atoms with E-state index in [-0.39, 0.29) is 5.91 Å². The number of amides is 1. The molecule has 1 aromatic rings. The maximum absolute atomic E-state index is 12.8. The summed E-state index contributed by atoms with van der Waals surface area (Å²) in [6.45, 7) is 8.11. The molecule has 1 fully saturated rings. The zero-order chi connectivity index (χ0) is 14.9. The molecule has 0 aromatic heterocycles. The molecule has 2 aliphatic rings. The second-order valence-corrected chi connectivity index (χ2v) is 6.54. The Balaban J connectivity index is 1.78. The molecule has 1 amide bonds. The van der Waals surface area contributed by atoms with Gasteiger partial charge < -0.3 is 15.5 Å². The minimum Gasteiger partial charge on any atom is -0.382 e. The molecule has 0 saturated carbocycles. The van der Waals surface area contributed by atoms with Gasteiger partial charge in [-0.3, -0.25) is 4.79 Å². The van der Waals surface area contributed by atoms with Crippen molar-refractivity contribution in [3.63, 3.8) is 0 Å². The first kappa shape index (κ1) is 14.2. The van der Waals surface area contributed by atoms with Crippen molar-refractivity contribution in [3.05, 3.63) is 23.8 Å². The molecule has 0 bridgehead atoms. The van der Waals surface area contributed by atoms with E-state index in [1.807, 2.05) is 23.1 Å². The average molecular weight is 287 g/mol. The van der Waals surface area contributed by atoms with Gasteiger partial charge in [0.25, 0.3) is 5.91 Å². The van der Waals surface area contributed by atoms with Gasteiger partial charge in [0, 0.05) is 26.2 Å². The lowest BCUT2D eigenvalue weighted by Crippen LogP contribution is -2.42. The molecule has 2 heterocycles. The molecule has 4 nitrogen and oxygen atoms in total. The Kier molecular flexibility index (Phi) is 3.79. The predicted octanol–water partition coefficient (Wildman–Crippen LogP) is 3.18. The number of nitrogens with one attached hydrogen (secondary N) is 2. The molecular weight excluding hydrogens is 262 g/mol. The van der Waals surface area contributed by atoms with Crippen LogP contribution in [0.15, 0.2) is 18.2 Å². The summed E-state index contributed by atoms with van der Waals surface area (Å²) < 4.78 is 0. The summed E-state index contributed by atoms with van der Waals surface area (Å²) in [7, 11) is 0. The highest BCUT2D eigenvalue weighted by molar-refractivity contribution is 6.02. The van der Waals surface area contributed by atoms with Gasteiger partial charge in [-0.1, -0.05) is 26.3 Å². The molecule has 0 unspecified atom stereocenters. The van der Waals surface area contributed by atoms with Gasteiger partial charge >= 0.3 is 0 Å². The van der Waals surface area contributed by atoms with Crippen LogP contribution in [0.1, 0.15) is 43.5 Å². The number of rotatable bonds is 2. The van der Waals surface area contributed by atoms with Crippen LogP contribution in [0.2, 0.25) is 0 Å². The second kappa shape index (κ2) is 5.58. The fourth-order valence-corrected chi connectivity index (χ4v) is 3.23. The largest absolute Gasteiger partial charge is 0.382 e. The summed E-state index contributed by atoms with van der Waals surface area (Å²) in [5.41, 5.74) is 3.23. The van der Waals surface area contributed by atoms with Gasteiger partial charge in [-0.25, -0.2) is 0 Å². The number of hydrogen-bond donors (Lipinski definition) is 2. The summed E-state index contributed by atoms with van der Waals surface area (Å²) in [6, 6.07) is 5.93. The van der Waals surface area contributed by atoms with Crippen molar-refractivity contribution in [3.8, 4) is 0 Å². The van der Waals surface area contributed by atoms with E-state index >= 15 is 0 Å². The first-order valence-corrected chi connectivity index (χ1v) is 8.03. The maximum Gasteiger partial charge on any atom is 0.256 e. The van der Waals surface area contributed by atoms with Crippen molar-refractivity contribution < 1.29 is 4.79 Å². The molecule has 0 aliphatic carbocycles. The normalized spacial score (nSPS) is 20.2. The van der Waals surface area contributed by atoms with Gasteiger partial charge in [-0.05, 0) is 30.4 Å². The van der Waals surface area contributed by atoms with Crippen LogP contribution >= 0.6 is 0 Å². The number of para-hydroxylation sites is 1. The zero-order valence-electron chi connectivity index (χ0n) is 13.0. The van der Waals surface area contributed by atoms with Crippen molar-refractivity contribution in [2.24, 2.45) is 5.41 Å². The lowest BCUT2D eigenvalue weighted by Gasteiger charge is -2.39. The van der Waals surface area contributed by atoms with E-state index in [2.05, 4.69) is 24.5 Å². The van der Waals surface area contributed by atoms with E-state index in [0.717, 1.165) is 56.0 Å². The first-order valence-electron chi connectivity index (χ1n) is 8.03. The van der Waals surface area contributed by atoms with Crippen LogP contribution in [-0.2, 0) is 0 Å². The van der Waals surface area contributed by atoms with Crippen LogP contribution in [0.5, 0.6) is 0 Å². The number of hydrogen-bond acceptors (Lipinski definition) is 3. The summed E-state index contributed by atoms with van der Waals surface area (Å²) >= 11 is 0. The van der Waals surface area contributed by atoms with Crippen molar-refractivity contribution in [2.75, 3.05) is 36.8 Å². The molecular formula is C17H25N3O. The maximum atomic E-state index is 12.8. The Hall–Kier alpha value is -1.71. The van der Waals surface area contributed by atoms with Crippen molar-refractivity contribution in [2.45, 2.75) is 33.1 Å². The van der Waals surface area contributed by atoms with Crippen molar-refractivity contribution in [1.82, 2.24) is 4.90 Å². The molecule has 3 rings (SSSR count). The molecule has 0 spiro atoms. The van der Waals surface area contributed by atoms with Gasteiger partial charge in [0.1, 0.15) is 0 Å². The van der Waals surface area contributed by atoms with Crippen LogP contribution in [0.25, 0.3) is 0 Å². The molecule has 0 atom stereocenters. The quantitative estimate of drug-likeness (QED) is 0.878.